The van der Waals surface area contributed by atoms with Crippen molar-refractivity contribution < 1.29 is 14.0 Å². The number of likely N-dealkylation sites (tertiary alicyclic amines) is 1. The van der Waals surface area contributed by atoms with Crippen molar-refractivity contribution in [3.05, 3.63) is 59.7 Å². The van der Waals surface area contributed by atoms with Crippen molar-refractivity contribution in [1.82, 2.24) is 15.2 Å². The number of H-pyrrole nitrogens is 1. The zero-order valence-electron chi connectivity index (χ0n) is 11.9. The zero-order chi connectivity index (χ0) is 15.5. The zero-order valence-corrected chi connectivity index (χ0v) is 11.9. The molecule has 1 aliphatic rings. The van der Waals surface area contributed by atoms with Gasteiger partial charge in [-0.1, -0.05) is 12.1 Å². The molecule has 1 aromatic carbocycles. The standard InChI is InChI=1S/C16H16FN3O2/c17-12-5-3-11(4-6-12)10-20-9-7-14(16(20)22)19-15(21)13-2-1-8-18-13/h1-6,8,14,18H,7,9-10H2,(H,19,21)/t14-/m0/s1. The molecule has 22 heavy (non-hydrogen) atoms. The second kappa shape index (κ2) is 6.01. The minimum atomic E-state index is -0.503. The first kappa shape index (κ1) is 14.3. The number of carbonyl (C=O) groups excluding carboxylic acids is 2. The lowest BCUT2D eigenvalue weighted by molar-refractivity contribution is -0.129. The summed E-state index contributed by atoms with van der Waals surface area (Å²) in [5.74, 6) is -0.691. The summed E-state index contributed by atoms with van der Waals surface area (Å²) < 4.78 is 12.9. The summed E-state index contributed by atoms with van der Waals surface area (Å²) in [5, 5.41) is 2.73. The van der Waals surface area contributed by atoms with Gasteiger partial charge in [-0.3, -0.25) is 9.59 Å². The van der Waals surface area contributed by atoms with Crippen LogP contribution in [0.4, 0.5) is 4.39 Å². The fourth-order valence-electron chi connectivity index (χ4n) is 2.55. The van der Waals surface area contributed by atoms with Gasteiger partial charge in [0.2, 0.25) is 5.91 Å². The number of amides is 2. The average molecular weight is 301 g/mol. The van der Waals surface area contributed by atoms with Crippen LogP contribution in [-0.2, 0) is 11.3 Å². The van der Waals surface area contributed by atoms with E-state index in [1.807, 2.05) is 0 Å². The maximum atomic E-state index is 12.9. The molecule has 1 saturated heterocycles. The quantitative estimate of drug-likeness (QED) is 0.902. The van der Waals surface area contributed by atoms with Gasteiger partial charge in [0.15, 0.2) is 0 Å². The second-order valence-corrected chi connectivity index (χ2v) is 5.28. The SMILES string of the molecule is O=C(N[C@H]1CCN(Cc2ccc(F)cc2)C1=O)c1ccc[nH]1. The second-order valence-electron chi connectivity index (χ2n) is 5.28. The molecule has 0 saturated carbocycles. The number of halogens is 1. The summed E-state index contributed by atoms with van der Waals surface area (Å²) in [6.07, 6.45) is 2.23. The number of aromatic amines is 1. The highest BCUT2D eigenvalue weighted by Gasteiger charge is 2.32. The predicted molar refractivity (Wildman–Crippen MR) is 78.5 cm³/mol. The van der Waals surface area contributed by atoms with Gasteiger partial charge in [0, 0.05) is 19.3 Å². The van der Waals surface area contributed by atoms with Crippen LogP contribution in [0.3, 0.4) is 0 Å². The Bertz CT molecular complexity index is 667. The molecule has 1 aromatic heterocycles. The molecular weight excluding hydrogens is 285 g/mol. The average Bonchev–Trinajstić information content (AvgIpc) is 3.15. The van der Waals surface area contributed by atoms with Gasteiger partial charge in [-0.25, -0.2) is 4.39 Å². The van der Waals surface area contributed by atoms with E-state index in [4.69, 9.17) is 0 Å². The summed E-state index contributed by atoms with van der Waals surface area (Å²) in [4.78, 5) is 28.7. The van der Waals surface area contributed by atoms with Crippen molar-refractivity contribution in [3.63, 3.8) is 0 Å². The molecule has 2 heterocycles. The molecule has 114 valence electrons. The van der Waals surface area contributed by atoms with Crippen molar-refractivity contribution in [2.45, 2.75) is 19.0 Å². The maximum Gasteiger partial charge on any atom is 0.268 e. The van der Waals surface area contributed by atoms with E-state index in [1.165, 1.54) is 12.1 Å². The summed E-state index contributed by atoms with van der Waals surface area (Å²) in [6.45, 7) is 1.000. The molecule has 2 aromatic rings. The van der Waals surface area contributed by atoms with Gasteiger partial charge in [-0.2, -0.15) is 0 Å². The van der Waals surface area contributed by atoms with Gasteiger partial charge in [-0.15, -0.1) is 0 Å². The number of aromatic nitrogens is 1. The van der Waals surface area contributed by atoms with Crippen LogP contribution in [0.25, 0.3) is 0 Å². The predicted octanol–water partition coefficient (Wildman–Crippen LogP) is 1.68. The largest absolute Gasteiger partial charge is 0.357 e. The molecular formula is C16H16FN3O2. The summed E-state index contributed by atoms with van der Waals surface area (Å²) in [6, 6.07) is 8.95. The van der Waals surface area contributed by atoms with Gasteiger partial charge >= 0.3 is 0 Å². The lowest BCUT2D eigenvalue weighted by Gasteiger charge is -2.17. The third-order valence-electron chi connectivity index (χ3n) is 3.73. The van der Waals surface area contributed by atoms with Crippen molar-refractivity contribution >= 4 is 11.8 Å². The number of nitrogens with zero attached hydrogens (tertiary/aromatic N) is 1. The van der Waals surface area contributed by atoms with E-state index in [2.05, 4.69) is 10.3 Å². The Hall–Kier alpha value is -2.63. The van der Waals surface area contributed by atoms with E-state index in [0.29, 0.717) is 25.2 Å². The van der Waals surface area contributed by atoms with Gasteiger partial charge in [-0.05, 0) is 36.2 Å². The van der Waals surface area contributed by atoms with Gasteiger partial charge in [0.25, 0.3) is 5.91 Å². The van der Waals surface area contributed by atoms with Crippen molar-refractivity contribution in [2.75, 3.05) is 6.54 Å². The first-order chi connectivity index (χ1) is 10.6. The lowest BCUT2D eigenvalue weighted by Crippen LogP contribution is -2.41. The van der Waals surface area contributed by atoms with Crippen LogP contribution in [0.15, 0.2) is 42.6 Å². The summed E-state index contributed by atoms with van der Waals surface area (Å²) >= 11 is 0. The molecule has 2 amide bonds. The van der Waals surface area contributed by atoms with Crippen LogP contribution in [-0.4, -0.2) is 34.3 Å². The number of nitrogens with one attached hydrogen (secondary N) is 2. The van der Waals surface area contributed by atoms with E-state index < -0.39 is 6.04 Å². The fraction of sp³-hybridized carbons (Fsp3) is 0.250. The van der Waals surface area contributed by atoms with Gasteiger partial charge < -0.3 is 15.2 Å². The molecule has 0 aliphatic carbocycles. The van der Waals surface area contributed by atoms with Crippen LogP contribution < -0.4 is 5.32 Å². The van der Waals surface area contributed by atoms with Crippen LogP contribution in [0.2, 0.25) is 0 Å². The van der Waals surface area contributed by atoms with E-state index >= 15 is 0 Å². The highest BCUT2D eigenvalue weighted by atomic mass is 19.1. The van der Waals surface area contributed by atoms with E-state index in [9.17, 15) is 14.0 Å². The van der Waals surface area contributed by atoms with Crippen molar-refractivity contribution in [3.8, 4) is 0 Å². The lowest BCUT2D eigenvalue weighted by atomic mass is 10.2. The topological polar surface area (TPSA) is 65.2 Å². The monoisotopic (exact) mass is 301 g/mol. The minimum absolute atomic E-state index is 0.107. The summed E-state index contributed by atoms with van der Waals surface area (Å²) in [7, 11) is 0. The Morgan fingerprint density at radius 1 is 1.32 bits per heavy atom. The van der Waals surface area contributed by atoms with E-state index in [0.717, 1.165) is 5.56 Å². The van der Waals surface area contributed by atoms with Crippen LogP contribution in [0.1, 0.15) is 22.5 Å². The molecule has 5 nitrogen and oxygen atoms in total. The molecule has 2 N–H and O–H groups in total. The Labute approximate surface area is 127 Å². The minimum Gasteiger partial charge on any atom is -0.357 e. The number of rotatable bonds is 4. The van der Waals surface area contributed by atoms with Crippen LogP contribution >= 0.6 is 0 Å². The molecule has 1 fully saturated rings. The molecule has 0 spiro atoms. The number of hydrogen-bond acceptors (Lipinski definition) is 2. The molecule has 3 rings (SSSR count). The highest BCUT2D eigenvalue weighted by Crippen LogP contribution is 2.16. The molecule has 6 heteroatoms. The smallest absolute Gasteiger partial charge is 0.268 e. The number of hydrogen-bond donors (Lipinski definition) is 2. The Morgan fingerprint density at radius 3 is 2.77 bits per heavy atom. The number of benzene rings is 1. The number of carbonyl (C=O) groups is 2. The third-order valence-corrected chi connectivity index (χ3v) is 3.73. The highest BCUT2D eigenvalue weighted by molar-refractivity contribution is 5.96. The molecule has 1 atom stereocenters. The Balaban J connectivity index is 1.60. The van der Waals surface area contributed by atoms with Crippen LogP contribution in [0.5, 0.6) is 0 Å². The van der Waals surface area contributed by atoms with Crippen LogP contribution in [0, 0.1) is 5.82 Å². The summed E-state index contributed by atoms with van der Waals surface area (Å²) in [5.41, 5.74) is 1.30. The fourth-order valence-corrected chi connectivity index (χ4v) is 2.55. The first-order valence-electron chi connectivity index (χ1n) is 7.11. The normalized spacial score (nSPS) is 17.8. The maximum absolute atomic E-state index is 12.9. The van der Waals surface area contributed by atoms with E-state index in [-0.39, 0.29) is 17.6 Å². The van der Waals surface area contributed by atoms with Gasteiger partial charge in [0.05, 0.1) is 0 Å². The Morgan fingerprint density at radius 2 is 2.09 bits per heavy atom. The molecule has 0 bridgehead atoms. The third kappa shape index (κ3) is 3.00. The Kier molecular flexibility index (Phi) is 3.91. The van der Waals surface area contributed by atoms with Crippen molar-refractivity contribution in [1.29, 1.82) is 0 Å². The molecule has 0 unspecified atom stereocenters. The first-order valence-corrected chi connectivity index (χ1v) is 7.11. The van der Waals surface area contributed by atoms with Gasteiger partial charge in [0.1, 0.15) is 17.6 Å². The molecule has 1 aliphatic heterocycles. The van der Waals surface area contributed by atoms with Crippen molar-refractivity contribution in [2.24, 2.45) is 0 Å². The van der Waals surface area contributed by atoms with E-state index in [1.54, 1.807) is 35.4 Å². The molecule has 0 radical (unpaired) electrons.